The van der Waals surface area contributed by atoms with Crippen LogP contribution >= 0.6 is 23.2 Å². The van der Waals surface area contributed by atoms with Gasteiger partial charge in [-0.25, -0.2) is 0 Å². The van der Waals surface area contributed by atoms with Crippen LogP contribution in [0, 0.1) is 0 Å². The summed E-state index contributed by atoms with van der Waals surface area (Å²) in [5, 5.41) is 3.14. The molecule has 0 unspecified atom stereocenters. The molecule has 0 aromatic heterocycles. The van der Waals surface area contributed by atoms with Crippen molar-refractivity contribution in [1.29, 1.82) is 0 Å². The molecule has 5 heteroatoms. The maximum atomic E-state index is 11.2. The summed E-state index contributed by atoms with van der Waals surface area (Å²) in [5.41, 5.74) is 0.656. The van der Waals surface area contributed by atoms with Crippen molar-refractivity contribution in [1.82, 2.24) is 5.32 Å². The Hall–Kier alpha value is -1.19. The van der Waals surface area contributed by atoms with Gasteiger partial charge in [-0.05, 0) is 18.6 Å². The van der Waals surface area contributed by atoms with Gasteiger partial charge in [0.1, 0.15) is 0 Å². The van der Waals surface area contributed by atoms with Crippen LogP contribution in [0.2, 0.25) is 0 Å². The second-order valence-electron chi connectivity index (χ2n) is 3.06. The van der Waals surface area contributed by atoms with Gasteiger partial charge in [-0.1, -0.05) is 43.3 Å². The zero-order chi connectivity index (χ0) is 13.3. The highest BCUT2D eigenvalue weighted by Gasteiger charge is 2.00. The molecule has 0 aliphatic carbocycles. The number of hydrogen-bond donors (Lipinski definition) is 1. The van der Waals surface area contributed by atoms with Gasteiger partial charge in [0.05, 0.1) is 16.3 Å². The van der Waals surface area contributed by atoms with E-state index in [1.807, 2.05) is 6.92 Å². The minimum atomic E-state index is -0.252. The van der Waals surface area contributed by atoms with E-state index in [0.29, 0.717) is 17.2 Å². The average molecular weight is 276 g/mol. The van der Waals surface area contributed by atoms with Crippen LogP contribution < -0.4 is 5.32 Å². The van der Waals surface area contributed by atoms with Gasteiger partial charge in [0.15, 0.2) is 6.61 Å². The van der Waals surface area contributed by atoms with Gasteiger partial charge < -0.3 is 10.1 Å². The lowest BCUT2D eigenvalue weighted by Gasteiger charge is -2.04. The lowest BCUT2D eigenvalue weighted by molar-refractivity contribution is -0.123. The molecule has 0 atom stereocenters. The lowest BCUT2D eigenvalue weighted by Crippen LogP contribution is -2.25. The van der Waals surface area contributed by atoms with E-state index in [1.165, 1.54) is 18.4 Å². The topological polar surface area (TPSA) is 38.3 Å². The largest absolute Gasteiger partial charge is 0.491 e. The third kappa shape index (κ3) is 8.60. The molecule has 0 fully saturated rings. The van der Waals surface area contributed by atoms with Gasteiger partial charge in [0.25, 0.3) is 5.91 Å². The first-order valence-electron chi connectivity index (χ1n) is 4.93. The number of carbonyl (C=O) groups is 1. The SMILES string of the molecule is C=C(CC)NC(=O)CO/C=C/C=C(/Cl)C(=C)Cl. The fourth-order valence-electron chi connectivity index (χ4n) is 0.715. The average Bonchev–Trinajstić information content (AvgIpc) is 2.27. The molecule has 0 saturated heterocycles. The molecule has 0 rings (SSSR count). The van der Waals surface area contributed by atoms with Crippen LogP contribution in [0.1, 0.15) is 13.3 Å². The van der Waals surface area contributed by atoms with Gasteiger partial charge >= 0.3 is 0 Å². The molecular formula is C12H15Cl2NO2. The first kappa shape index (κ1) is 15.8. The van der Waals surface area contributed by atoms with Gasteiger partial charge in [0.2, 0.25) is 0 Å². The molecule has 3 nitrogen and oxygen atoms in total. The minimum Gasteiger partial charge on any atom is -0.491 e. The molecular weight excluding hydrogens is 261 g/mol. The van der Waals surface area contributed by atoms with Gasteiger partial charge in [-0.3, -0.25) is 4.79 Å². The highest BCUT2D eigenvalue weighted by atomic mass is 35.5. The Labute approximate surface area is 111 Å². The number of allylic oxidation sites excluding steroid dienone is 5. The Morgan fingerprint density at radius 2 is 2.06 bits per heavy atom. The summed E-state index contributed by atoms with van der Waals surface area (Å²) in [5.74, 6) is -0.252. The molecule has 0 heterocycles. The number of carbonyl (C=O) groups excluding carboxylic acids is 1. The Bertz CT molecular complexity index is 360. The summed E-state index contributed by atoms with van der Waals surface area (Å²) in [6.45, 7) is 8.90. The lowest BCUT2D eigenvalue weighted by atomic mass is 10.4. The first-order chi connectivity index (χ1) is 7.97. The monoisotopic (exact) mass is 275 g/mol. The summed E-state index contributed by atoms with van der Waals surface area (Å²) in [7, 11) is 0. The quantitative estimate of drug-likeness (QED) is 0.571. The zero-order valence-corrected chi connectivity index (χ0v) is 11.1. The fraction of sp³-hybridized carbons (Fsp3) is 0.250. The molecule has 0 aliphatic rings. The van der Waals surface area contributed by atoms with E-state index in [1.54, 1.807) is 0 Å². The number of nitrogens with one attached hydrogen (secondary N) is 1. The normalized spacial score (nSPS) is 11.4. The standard InChI is InChI=1S/C12H15Cl2NO2/c1-4-9(2)15-12(16)8-17-7-5-6-11(14)10(3)13/h5-7H,2-4,8H2,1H3,(H,15,16)/b7-5+,11-6+. The second-order valence-corrected chi connectivity index (χ2v) is 3.93. The number of amides is 1. The second kappa shape index (κ2) is 8.90. The molecule has 1 N–H and O–H groups in total. The summed E-state index contributed by atoms with van der Waals surface area (Å²) >= 11 is 11.2. The van der Waals surface area contributed by atoms with Crippen LogP contribution in [0.25, 0.3) is 0 Å². The van der Waals surface area contributed by atoms with Gasteiger partial charge in [0, 0.05) is 5.70 Å². The number of hydrogen-bond acceptors (Lipinski definition) is 2. The van der Waals surface area contributed by atoms with Crippen LogP contribution in [-0.4, -0.2) is 12.5 Å². The number of halogens is 2. The van der Waals surface area contributed by atoms with E-state index in [4.69, 9.17) is 27.9 Å². The van der Waals surface area contributed by atoms with Crippen molar-refractivity contribution in [2.45, 2.75) is 13.3 Å². The molecule has 17 heavy (non-hydrogen) atoms. The maximum Gasteiger partial charge on any atom is 0.261 e. The van der Waals surface area contributed by atoms with E-state index in [0.717, 1.165) is 0 Å². The number of ether oxygens (including phenoxy) is 1. The molecule has 1 amide bonds. The first-order valence-corrected chi connectivity index (χ1v) is 5.69. The van der Waals surface area contributed by atoms with E-state index in [-0.39, 0.29) is 17.5 Å². The fourth-order valence-corrected chi connectivity index (χ4v) is 0.851. The van der Waals surface area contributed by atoms with E-state index < -0.39 is 0 Å². The molecule has 0 spiro atoms. The zero-order valence-electron chi connectivity index (χ0n) is 9.63. The van der Waals surface area contributed by atoms with Crippen molar-refractivity contribution in [3.05, 3.63) is 47.3 Å². The molecule has 0 aromatic carbocycles. The van der Waals surface area contributed by atoms with Crippen molar-refractivity contribution in [3.63, 3.8) is 0 Å². The summed E-state index contributed by atoms with van der Waals surface area (Å²) < 4.78 is 4.96. The van der Waals surface area contributed by atoms with Crippen molar-refractivity contribution < 1.29 is 9.53 Å². The van der Waals surface area contributed by atoms with Crippen LogP contribution in [-0.2, 0) is 9.53 Å². The van der Waals surface area contributed by atoms with Crippen LogP contribution in [0.5, 0.6) is 0 Å². The highest BCUT2D eigenvalue weighted by Crippen LogP contribution is 2.15. The molecule has 0 bridgehead atoms. The van der Waals surface area contributed by atoms with E-state index in [9.17, 15) is 4.79 Å². The van der Waals surface area contributed by atoms with Gasteiger partial charge in [-0.15, -0.1) is 0 Å². The predicted octanol–water partition coefficient (Wildman–Crippen LogP) is 3.43. The molecule has 0 radical (unpaired) electrons. The molecule has 0 aliphatic heterocycles. The Balaban J connectivity index is 3.88. The van der Waals surface area contributed by atoms with Crippen LogP contribution in [0.15, 0.2) is 47.3 Å². The summed E-state index contributed by atoms with van der Waals surface area (Å²) in [6, 6.07) is 0. The summed E-state index contributed by atoms with van der Waals surface area (Å²) in [4.78, 5) is 11.2. The third-order valence-corrected chi connectivity index (χ3v) is 2.29. The Kier molecular flexibility index (Phi) is 8.28. The smallest absolute Gasteiger partial charge is 0.261 e. The highest BCUT2D eigenvalue weighted by molar-refractivity contribution is 6.43. The Morgan fingerprint density at radius 3 is 2.59 bits per heavy atom. The Morgan fingerprint density at radius 1 is 1.41 bits per heavy atom. The van der Waals surface area contributed by atoms with Crippen molar-refractivity contribution in [2.75, 3.05) is 6.61 Å². The maximum absolute atomic E-state index is 11.2. The van der Waals surface area contributed by atoms with Crippen molar-refractivity contribution in [2.24, 2.45) is 0 Å². The molecule has 94 valence electrons. The summed E-state index contributed by atoms with van der Waals surface area (Å²) in [6.07, 6.45) is 5.08. The third-order valence-electron chi connectivity index (χ3n) is 1.63. The van der Waals surface area contributed by atoms with E-state index in [2.05, 4.69) is 18.5 Å². The van der Waals surface area contributed by atoms with Crippen LogP contribution in [0.4, 0.5) is 0 Å². The molecule has 0 aromatic rings. The van der Waals surface area contributed by atoms with Crippen molar-refractivity contribution >= 4 is 29.1 Å². The van der Waals surface area contributed by atoms with E-state index >= 15 is 0 Å². The predicted molar refractivity (Wildman–Crippen MR) is 71.6 cm³/mol. The van der Waals surface area contributed by atoms with Gasteiger partial charge in [-0.2, -0.15) is 0 Å². The molecule has 0 saturated carbocycles. The van der Waals surface area contributed by atoms with Crippen molar-refractivity contribution in [3.8, 4) is 0 Å². The minimum absolute atomic E-state index is 0.0806. The number of rotatable bonds is 7. The van der Waals surface area contributed by atoms with Crippen LogP contribution in [0.3, 0.4) is 0 Å².